The molecule has 0 saturated carbocycles. The van der Waals surface area contributed by atoms with E-state index in [-0.39, 0.29) is 0 Å². The van der Waals surface area contributed by atoms with Gasteiger partial charge < -0.3 is 0 Å². The molecule has 1 aliphatic carbocycles. The molecule has 0 spiro atoms. The third-order valence-corrected chi connectivity index (χ3v) is 8.07. The normalized spacial score (nSPS) is 14.3. The Kier molecular flexibility index (Phi) is 5.32. The van der Waals surface area contributed by atoms with Crippen molar-refractivity contribution in [3.63, 3.8) is 0 Å². The number of hydrogen-bond donors (Lipinski definition) is 0. The molecule has 0 N–H and O–H groups in total. The van der Waals surface area contributed by atoms with Gasteiger partial charge in [0.2, 0.25) is 0 Å². The van der Waals surface area contributed by atoms with Crippen LogP contribution in [0.15, 0.2) is 93.9 Å². The molecule has 0 nitrogen and oxygen atoms in total. The van der Waals surface area contributed by atoms with Gasteiger partial charge in [-0.1, -0.05) is 0 Å². The van der Waals surface area contributed by atoms with Crippen LogP contribution in [0.2, 0.25) is 0 Å². The van der Waals surface area contributed by atoms with Crippen LogP contribution in [0.4, 0.5) is 0 Å². The van der Waals surface area contributed by atoms with E-state index in [4.69, 9.17) is 0 Å². The van der Waals surface area contributed by atoms with Gasteiger partial charge in [-0.15, -0.1) is 0 Å². The predicted octanol–water partition coefficient (Wildman–Crippen LogP) is 2.77. The van der Waals surface area contributed by atoms with Crippen LogP contribution in [0.1, 0.15) is 6.42 Å². The number of benzene rings is 2. The second kappa shape index (κ2) is 7.63. The van der Waals surface area contributed by atoms with Crippen LogP contribution >= 0.6 is 0 Å². The van der Waals surface area contributed by atoms with Crippen molar-refractivity contribution >= 4 is 38.8 Å². The van der Waals surface area contributed by atoms with Gasteiger partial charge in [0.05, 0.1) is 0 Å². The van der Waals surface area contributed by atoms with Crippen molar-refractivity contribution in [1.29, 1.82) is 0 Å². The van der Waals surface area contributed by atoms with Gasteiger partial charge in [-0.25, -0.2) is 0 Å². The first-order valence-electron chi connectivity index (χ1n) is 6.93. The maximum atomic E-state index is 2.48. The number of allylic oxidation sites excluding steroid dienone is 5. The molecule has 0 amide bonds. The van der Waals surface area contributed by atoms with Gasteiger partial charge in [0, 0.05) is 0 Å². The average Bonchev–Trinajstić information content (AvgIpc) is 3.08. The first-order valence-corrected chi connectivity index (χ1v) is 10.5. The van der Waals surface area contributed by atoms with Gasteiger partial charge in [0.15, 0.2) is 0 Å². The molecule has 0 fully saturated rings. The summed E-state index contributed by atoms with van der Waals surface area (Å²) in [6, 6.07) is 21.6. The summed E-state index contributed by atoms with van der Waals surface area (Å²) in [5, 5.41) is 0. The molecule has 0 bridgehead atoms. The van der Waals surface area contributed by atoms with E-state index in [2.05, 4.69) is 83.9 Å². The molecule has 0 heterocycles. The number of hydrogen-bond acceptors (Lipinski definition) is 0. The summed E-state index contributed by atoms with van der Waals surface area (Å²) in [5.74, 6) is 0. The first-order chi connectivity index (χ1) is 10.4. The van der Waals surface area contributed by atoms with Crippen LogP contribution in [0.25, 0.3) is 0 Å². The van der Waals surface area contributed by atoms with Crippen LogP contribution in [0.3, 0.4) is 0 Å². The summed E-state index contributed by atoms with van der Waals surface area (Å²) < 4.78 is 4.44. The molecule has 0 unspecified atom stereocenters. The SMILES string of the molecule is C1=CCC(/C(=C\[Se]c2ccccc2)[Se]c2ccccc2)=C1. The molecule has 2 heteroatoms. The molecule has 0 atom stereocenters. The van der Waals surface area contributed by atoms with Gasteiger partial charge in [-0.05, 0) is 0 Å². The summed E-state index contributed by atoms with van der Waals surface area (Å²) in [7, 11) is 0. The van der Waals surface area contributed by atoms with Crippen molar-refractivity contribution in [3.8, 4) is 0 Å². The van der Waals surface area contributed by atoms with Gasteiger partial charge in [-0.2, -0.15) is 0 Å². The molecule has 2 aromatic carbocycles. The summed E-state index contributed by atoms with van der Waals surface area (Å²) in [5.41, 5.74) is 1.50. The third kappa shape index (κ3) is 4.33. The fourth-order valence-corrected chi connectivity index (χ4v) is 6.41. The molecule has 104 valence electrons. The molecule has 0 saturated heterocycles. The molecular weight excluding hydrogens is 386 g/mol. The first kappa shape index (κ1) is 14.6. The topological polar surface area (TPSA) is 0 Å². The molecule has 0 aliphatic heterocycles. The summed E-state index contributed by atoms with van der Waals surface area (Å²) in [6.45, 7) is 0. The summed E-state index contributed by atoms with van der Waals surface area (Å²) in [4.78, 5) is 2.48. The minimum atomic E-state index is 0.398. The fraction of sp³-hybridized carbons (Fsp3) is 0.0526. The maximum absolute atomic E-state index is 2.48. The second-order valence-corrected chi connectivity index (χ2v) is 8.97. The molecule has 3 rings (SSSR count). The Morgan fingerprint density at radius 2 is 1.52 bits per heavy atom. The van der Waals surface area contributed by atoms with E-state index in [9.17, 15) is 0 Å². The van der Waals surface area contributed by atoms with E-state index in [1.165, 1.54) is 14.5 Å². The Bertz CT molecular complexity index is 667. The zero-order valence-electron chi connectivity index (χ0n) is 11.6. The van der Waals surface area contributed by atoms with E-state index in [0.29, 0.717) is 29.9 Å². The zero-order chi connectivity index (χ0) is 14.3. The molecule has 21 heavy (non-hydrogen) atoms. The molecule has 1 aliphatic rings. The van der Waals surface area contributed by atoms with Crippen molar-refractivity contribution in [2.75, 3.05) is 0 Å². The van der Waals surface area contributed by atoms with Crippen molar-refractivity contribution < 1.29 is 0 Å². The van der Waals surface area contributed by atoms with Crippen molar-refractivity contribution in [1.82, 2.24) is 0 Å². The standard InChI is InChI=1S/C19H16Se2/c1-3-11-17(12-4-1)20-15-19(16-9-7-8-10-16)21-18-13-5-2-6-14-18/h1-9,11-15H,10H2/b19-15+. The zero-order valence-corrected chi connectivity index (χ0v) is 15.0. The Balaban J connectivity index is 1.79. The van der Waals surface area contributed by atoms with E-state index < -0.39 is 0 Å². The van der Waals surface area contributed by atoms with Gasteiger partial charge in [-0.3, -0.25) is 0 Å². The van der Waals surface area contributed by atoms with E-state index in [1.54, 1.807) is 4.47 Å². The molecule has 0 aromatic heterocycles. The monoisotopic (exact) mass is 404 g/mol. The van der Waals surface area contributed by atoms with Crippen molar-refractivity contribution in [2.24, 2.45) is 0 Å². The average molecular weight is 402 g/mol. The summed E-state index contributed by atoms with van der Waals surface area (Å²) >= 11 is 0.812. The van der Waals surface area contributed by atoms with Crippen LogP contribution in [0.5, 0.6) is 0 Å². The van der Waals surface area contributed by atoms with Crippen molar-refractivity contribution in [3.05, 3.63) is 93.9 Å². The minimum absolute atomic E-state index is 0.398. The second-order valence-electron chi connectivity index (χ2n) is 4.65. The Morgan fingerprint density at radius 3 is 2.14 bits per heavy atom. The quantitative estimate of drug-likeness (QED) is 0.675. The third-order valence-electron chi connectivity index (χ3n) is 3.10. The van der Waals surface area contributed by atoms with Crippen LogP contribution < -0.4 is 8.92 Å². The Labute approximate surface area is 139 Å². The van der Waals surface area contributed by atoms with Crippen LogP contribution in [-0.4, -0.2) is 29.9 Å². The predicted molar refractivity (Wildman–Crippen MR) is 93.6 cm³/mol. The Hall–Kier alpha value is -1.30. The van der Waals surface area contributed by atoms with Gasteiger partial charge in [0.25, 0.3) is 0 Å². The van der Waals surface area contributed by atoms with Crippen LogP contribution in [0, 0.1) is 0 Å². The van der Waals surface area contributed by atoms with Gasteiger partial charge >= 0.3 is 139 Å². The van der Waals surface area contributed by atoms with E-state index >= 15 is 0 Å². The van der Waals surface area contributed by atoms with Crippen molar-refractivity contribution in [2.45, 2.75) is 6.42 Å². The van der Waals surface area contributed by atoms with E-state index in [0.717, 1.165) is 6.42 Å². The number of rotatable bonds is 5. The van der Waals surface area contributed by atoms with E-state index in [1.807, 2.05) is 0 Å². The Morgan fingerprint density at radius 1 is 0.857 bits per heavy atom. The molecule has 0 radical (unpaired) electrons. The molecular formula is C19H16Se2. The molecule has 2 aromatic rings. The van der Waals surface area contributed by atoms with Gasteiger partial charge in [0.1, 0.15) is 0 Å². The fourth-order valence-electron chi connectivity index (χ4n) is 2.03. The van der Waals surface area contributed by atoms with Crippen LogP contribution in [-0.2, 0) is 0 Å². The summed E-state index contributed by atoms with van der Waals surface area (Å²) in [6.07, 6.45) is 7.79.